The predicted molar refractivity (Wildman–Crippen MR) is 89.5 cm³/mol. The molecule has 2 N–H and O–H groups in total. The molecule has 1 unspecified atom stereocenters. The molecule has 1 amide bonds. The van der Waals surface area contributed by atoms with E-state index < -0.39 is 0 Å². The fourth-order valence-electron chi connectivity index (χ4n) is 3.43. The number of carbonyl (C=O) groups excluding carboxylic acids is 1. The zero-order valence-corrected chi connectivity index (χ0v) is 14.5. The first-order valence-electron chi connectivity index (χ1n) is 8.58. The van der Waals surface area contributed by atoms with Gasteiger partial charge >= 0.3 is 0 Å². The van der Waals surface area contributed by atoms with Crippen LogP contribution in [0, 0.1) is 5.92 Å². The minimum Gasteiger partial charge on any atom is -0.344 e. The lowest BCUT2D eigenvalue weighted by Crippen LogP contribution is -2.39. The molecule has 7 heteroatoms. The average molecular weight is 343 g/mol. The molecule has 0 aromatic carbocycles. The Morgan fingerprint density at radius 3 is 2.61 bits per heavy atom. The van der Waals surface area contributed by atoms with Crippen molar-refractivity contribution >= 4 is 18.3 Å². The second-order valence-electron chi connectivity index (χ2n) is 6.58. The van der Waals surface area contributed by atoms with Crippen LogP contribution in [0.4, 0.5) is 0 Å². The SMILES string of the molecule is CC(NC(=O)C1CCNCC1)c1nc(C2CCCCC2)no1.Cl. The number of piperidine rings is 1. The summed E-state index contributed by atoms with van der Waals surface area (Å²) >= 11 is 0. The van der Waals surface area contributed by atoms with Crippen molar-refractivity contribution in [2.24, 2.45) is 5.92 Å². The highest BCUT2D eigenvalue weighted by atomic mass is 35.5. The van der Waals surface area contributed by atoms with Crippen molar-refractivity contribution in [2.75, 3.05) is 13.1 Å². The summed E-state index contributed by atoms with van der Waals surface area (Å²) in [6.07, 6.45) is 7.89. The minimum absolute atomic E-state index is 0. The third-order valence-electron chi connectivity index (χ3n) is 4.87. The molecule has 130 valence electrons. The van der Waals surface area contributed by atoms with Crippen LogP contribution in [-0.4, -0.2) is 29.1 Å². The van der Waals surface area contributed by atoms with Crippen LogP contribution in [0.25, 0.3) is 0 Å². The Morgan fingerprint density at radius 2 is 1.91 bits per heavy atom. The highest BCUT2D eigenvalue weighted by Crippen LogP contribution is 2.31. The number of nitrogens with one attached hydrogen (secondary N) is 2. The van der Waals surface area contributed by atoms with Gasteiger partial charge in [0, 0.05) is 11.8 Å². The minimum atomic E-state index is -0.216. The molecular weight excluding hydrogens is 316 g/mol. The van der Waals surface area contributed by atoms with E-state index in [4.69, 9.17) is 4.52 Å². The normalized spacial score (nSPS) is 21.4. The van der Waals surface area contributed by atoms with E-state index in [0.29, 0.717) is 11.8 Å². The lowest BCUT2D eigenvalue weighted by atomic mass is 9.89. The van der Waals surface area contributed by atoms with Crippen LogP contribution in [-0.2, 0) is 4.79 Å². The summed E-state index contributed by atoms with van der Waals surface area (Å²) < 4.78 is 5.38. The molecule has 2 heterocycles. The highest BCUT2D eigenvalue weighted by molar-refractivity contribution is 5.85. The number of aromatic nitrogens is 2. The van der Waals surface area contributed by atoms with Crippen molar-refractivity contribution in [1.29, 1.82) is 0 Å². The predicted octanol–water partition coefficient (Wildman–Crippen LogP) is 2.72. The number of rotatable bonds is 4. The van der Waals surface area contributed by atoms with E-state index in [1.807, 2.05) is 6.92 Å². The van der Waals surface area contributed by atoms with E-state index >= 15 is 0 Å². The fraction of sp³-hybridized carbons (Fsp3) is 0.812. The second kappa shape index (κ2) is 8.64. The molecule has 2 fully saturated rings. The van der Waals surface area contributed by atoms with E-state index in [0.717, 1.165) is 44.6 Å². The van der Waals surface area contributed by atoms with Gasteiger partial charge in [0.15, 0.2) is 5.82 Å². The summed E-state index contributed by atoms with van der Waals surface area (Å²) in [5.41, 5.74) is 0. The number of carbonyl (C=O) groups is 1. The summed E-state index contributed by atoms with van der Waals surface area (Å²) in [4.78, 5) is 16.8. The highest BCUT2D eigenvalue weighted by Gasteiger charge is 2.26. The van der Waals surface area contributed by atoms with Gasteiger partial charge in [0.2, 0.25) is 11.8 Å². The number of nitrogens with zero attached hydrogens (tertiary/aromatic N) is 2. The molecule has 6 nitrogen and oxygen atoms in total. The van der Waals surface area contributed by atoms with Crippen molar-refractivity contribution in [3.05, 3.63) is 11.7 Å². The maximum Gasteiger partial charge on any atom is 0.248 e. The van der Waals surface area contributed by atoms with Gasteiger partial charge < -0.3 is 15.2 Å². The first-order chi connectivity index (χ1) is 10.7. The molecule has 0 spiro atoms. The van der Waals surface area contributed by atoms with Crippen LogP contribution in [0.5, 0.6) is 0 Å². The molecule has 1 aliphatic carbocycles. The fourth-order valence-corrected chi connectivity index (χ4v) is 3.43. The van der Waals surface area contributed by atoms with Gasteiger partial charge in [0.1, 0.15) is 6.04 Å². The van der Waals surface area contributed by atoms with E-state index in [-0.39, 0.29) is 30.3 Å². The Morgan fingerprint density at radius 1 is 1.22 bits per heavy atom. The van der Waals surface area contributed by atoms with Crippen molar-refractivity contribution in [3.8, 4) is 0 Å². The average Bonchev–Trinajstić information content (AvgIpc) is 3.06. The van der Waals surface area contributed by atoms with Gasteiger partial charge in [0.25, 0.3) is 0 Å². The molecule has 1 aliphatic heterocycles. The smallest absolute Gasteiger partial charge is 0.248 e. The van der Waals surface area contributed by atoms with E-state index in [1.54, 1.807) is 0 Å². The first kappa shape index (κ1) is 18.2. The third kappa shape index (κ3) is 4.67. The van der Waals surface area contributed by atoms with E-state index in [9.17, 15) is 4.79 Å². The number of hydrogen-bond donors (Lipinski definition) is 2. The summed E-state index contributed by atoms with van der Waals surface area (Å²) in [5.74, 6) is 1.98. The Bertz CT molecular complexity index is 496. The summed E-state index contributed by atoms with van der Waals surface area (Å²) in [6, 6.07) is -0.216. The largest absolute Gasteiger partial charge is 0.344 e. The maximum atomic E-state index is 12.3. The van der Waals surface area contributed by atoms with Crippen LogP contribution < -0.4 is 10.6 Å². The van der Waals surface area contributed by atoms with Crippen LogP contribution in [0.15, 0.2) is 4.52 Å². The van der Waals surface area contributed by atoms with Crippen molar-refractivity contribution in [1.82, 2.24) is 20.8 Å². The maximum absolute atomic E-state index is 12.3. The second-order valence-corrected chi connectivity index (χ2v) is 6.58. The Labute approximate surface area is 143 Å². The van der Waals surface area contributed by atoms with Gasteiger partial charge in [-0.05, 0) is 45.7 Å². The molecule has 0 bridgehead atoms. The topological polar surface area (TPSA) is 80.0 Å². The molecular formula is C16H27ClN4O2. The molecule has 2 aliphatic rings. The van der Waals surface area contributed by atoms with Gasteiger partial charge in [0.05, 0.1) is 0 Å². The molecule has 1 aromatic rings. The van der Waals surface area contributed by atoms with Crippen LogP contribution in [0.3, 0.4) is 0 Å². The standard InChI is InChI=1S/C16H26N4O2.ClH/c1-11(18-15(21)13-7-9-17-10-8-13)16-19-14(20-22-16)12-5-3-2-4-6-12;/h11-13,17H,2-10H2,1H3,(H,18,21);1H. The van der Waals surface area contributed by atoms with Crippen molar-refractivity contribution < 1.29 is 9.32 Å². The number of hydrogen-bond acceptors (Lipinski definition) is 5. The lowest BCUT2D eigenvalue weighted by molar-refractivity contribution is -0.126. The molecule has 0 radical (unpaired) electrons. The van der Waals surface area contributed by atoms with Crippen LogP contribution >= 0.6 is 12.4 Å². The Kier molecular flexibility index (Phi) is 6.84. The molecule has 23 heavy (non-hydrogen) atoms. The summed E-state index contributed by atoms with van der Waals surface area (Å²) in [6.45, 7) is 3.74. The Balaban J connectivity index is 0.00000192. The molecule has 3 rings (SSSR count). The van der Waals surface area contributed by atoms with Gasteiger partial charge in [-0.25, -0.2) is 0 Å². The van der Waals surface area contributed by atoms with Gasteiger partial charge in [-0.2, -0.15) is 4.98 Å². The molecule has 1 saturated heterocycles. The third-order valence-corrected chi connectivity index (χ3v) is 4.87. The number of halogens is 1. The molecule has 1 aromatic heterocycles. The molecule has 1 saturated carbocycles. The zero-order chi connectivity index (χ0) is 15.4. The first-order valence-corrected chi connectivity index (χ1v) is 8.58. The summed E-state index contributed by atoms with van der Waals surface area (Å²) in [7, 11) is 0. The van der Waals surface area contributed by atoms with Gasteiger partial charge in [-0.1, -0.05) is 24.4 Å². The van der Waals surface area contributed by atoms with Gasteiger partial charge in [-0.15, -0.1) is 12.4 Å². The lowest BCUT2D eigenvalue weighted by Gasteiger charge is -2.22. The molecule has 1 atom stereocenters. The van der Waals surface area contributed by atoms with Crippen molar-refractivity contribution in [3.63, 3.8) is 0 Å². The van der Waals surface area contributed by atoms with Gasteiger partial charge in [-0.3, -0.25) is 4.79 Å². The summed E-state index contributed by atoms with van der Waals surface area (Å²) in [5, 5.41) is 10.4. The van der Waals surface area contributed by atoms with Crippen LogP contribution in [0.1, 0.15) is 75.5 Å². The monoisotopic (exact) mass is 342 g/mol. The van der Waals surface area contributed by atoms with Crippen LogP contribution in [0.2, 0.25) is 0 Å². The van der Waals surface area contributed by atoms with Crippen molar-refractivity contribution in [2.45, 2.75) is 63.8 Å². The zero-order valence-electron chi connectivity index (χ0n) is 13.7. The van der Waals surface area contributed by atoms with E-state index in [1.165, 1.54) is 19.3 Å². The number of amides is 1. The van der Waals surface area contributed by atoms with E-state index in [2.05, 4.69) is 20.8 Å². The quantitative estimate of drug-likeness (QED) is 0.879. The Hall–Kier alpha value is -1.14.